The SMILES string of the molecule is CCN(CC)c1ccc2c(c1)Oc1cc(N(CC)CC)ccc1C2=C1C=CC(=NC(=S)NCCCC(=O)C[C@@H](Cc2ccccc2)C(=O)NCCCC(=O)CC[C@@H](NC(=S)N[C@H](CCC(=O)O)OC=O)C(=O)O)C=C1C(=O)O. The summed E-state index contributed by atoms with van der Waals surface area (Å²) in [5.41, 5.74) is 5.95. The molecule has 3 aromatic carbocycles. The molecule has 2 aliphatic rings. The molecule has 1 aliphatic carbocycles. The minimum absolute atomic E-state index is 0.0328. The summed E-state index contributed by atoms with van der Waals surface area (Å²) in [5.74, 6) is -3.75. The minimum Gasteiger partial charge on any atom is -0.481 e. The highest BCUT2D eigenvalue weighted by Crippen LogP contribution is 2.49. The van der Waals surface area contributed by atoms with Gasteiger partial charge in [0.05, 0.1) is 17.7 Å². The molecule has 3 aromatic rings. The lowest BCUT2D eigenvalue weighted by Crippen LogP contribution is -2.49. The number of carboxylic acids is 3. The smallest absolute Gasteiger partial charge is 0.336 e. The molecule has 78 heavy (non-hydrogen) atoms. The maximum Gasteiger partial charge on any atom is 0.336 e. The van der Waals surface area contributed by atoms with E-state index in [0.717, 1.165) is 59.8 Å². The fraction of sp³-hybridized carbons (Fsp3) is 0.404. The first kappa shape index (κ1) is 61.1. The largest absolute Gasteiger partial charge is 0.481 e. The number of carbonyl (C=O) groups is 7. The van der Waals surface area contributed by atoms with Crippen LogP contribution in [0.25, 0.3) is 5.57 Å². The second kappa shape index (κ2) is 30.8. The summed E-state index contributed by atoms with van der Waals surface area (Å²) < 4.78 is 11.4. The molecule has 1 aliphatic heterocycles. The lowest BCUT2D eigenvalue weighted by atomic mass is 9.84. The van der Waals surface area contributed by atoms with E-state index in [1.54, 1.807) is 12.2 Å². The van der Waals surface area contributed by atoms with Crippen LogP contribution in [0.3, 0.4) is 0 Å². The topological polar surface area (TPSA) is 266 Å². The summed E-state index contributed by atoms with van der Waals surface area (Å²) in [6, 6.07) is 20.0. The van der Waals surface area contributed by atoms with E-state index in [1.807, 2.05) is 66.7 Å². The molecule has 1 heterocycles. The van der Waals surface area contributed by atoms with Crippen LogP contribution in [0.15, 0.2) is 101 Å². The van der Waals surface area contributed by atoms with E-state index in [0.29, 0.717) is 35.6 Å². The highest BCUT2D eigenvalue weighted by Gasteiger charge is 2.30. The number of allylic oxidation sites excluding steroid dienone is 3. The standard InChI is InChI=1S/C57H69N7O12S2/c1-5-63(6-2)39-19-23-44-48(33-39)76-49-34-40(64(7-3)8-4)20-24-45(49)52(44)43-22-18-38(32-46(43)54(71)72)60-56(77)59-29-13-17-42(67)31-37(30-36-14-10-9-11-15-36)53(70)58-28-12-16-41(66)21-25-47(55(73)74)61-57(78)62-50(75-35-65)26-27-51(68)69/h9-11,14-15,18-20,22-24,32-35,37,47,50H,5-8,12-13,16-17,21,25-31H2,1-4H3,(H,58,70)(H,59,77)(H,68,69)(H,71,72)(H,73,74)(H2,61,62,78)/t37-,47-,50+/m1/s1. The molecule has 0 radical (unpaired) electrons. The number of nitrogens with one attached hydrogen (secondary N) is 4. The van der Waals surface area contributed by atoms with Crippen molar-refractivity contribution in [1.82, 2.24) is 21.3 Å². The van der Waals surface area contributed by atoms with Crippen molar-refractivity contribution in [1.29, 1.82) is 0 Å². The number of thiocarbonyl (C=S) groups is 2. The number of ether oxygens (including phenoxy) is 2. The quantitative estimate of drug-likeness (QED) is 0.0113. The fourth-order valence-corrected chi connectivity index (χ4v) is 9.55. The average Bonchev–Trinajstić information content (AvgIpc) is 3.61. The van der Waals surface area contributed by atoms with Crippen LogP contribution >= 0.6 is 24.4 Å². The number of aliphatic imine (C=N–C) groups is 1. The zero-order chi connectivity index (χ0) is 56.7. The lowest BCUT2D eigenvalue weighted by molar-refractivity contribution is -0.141. The zero-order valence-corrected chi connectivity index (χ0v) is 46.0. The third-order valence-corrected chi connectivity index (χ3v) is 13.6. The van der Waals surface area contributed by atoms with Crippen molar-refractivity contribution in [3.05, 3.63) is 113 Å². The summed E-state index contributed by atoms with van der Waals surface area (Å²) in [7, 11) is 0. The number of carboxylic acid groups (broad SMARTS) is 3. The van der Waals surface area contributed by atoms with E-state index in [-0.39, 0.29) is 104 Å². The van der Waals surface area contributed by atoms with E-state index in [4.69, 9.17) is 39.0 Å². The molecule has 0 spiro atoms. The number of rotatable bonds is 31. The third kappa shape index (κ3) is 18.2. The molecule has 19 nitrogen and oxygen atoms in total. The molecule has 0 fully saturated rings. The zero-order valence-electron chi connectivity index (χ0n) is 44.4. The first-order valence-corrected chi connectivity index (χ1v) is 27.0. The Balaban J connectivity index is 1.16. The van der Waals surface area contributed by atoms with Crippen LogP contribution in [0.4, 0.5) is 11.4 Å². The van der Waals surface area contributed by atoms with E-state index >= 15 is 0 Å². The Bertz CT molecular complexity index is 2740. The third-order valence-electron chi connectivity index (χ3n) is 13.1. The van der Waals surface area contributed by atoms with Crippen molar-refractivity contribution < 1.29 is 58.4 Å². The molecule has 0 saturated carbocycles. The number of ketones is 2. The Hall–Kier alpha value is -7.78. The highest BCUT2D eigenvalue weighted by molar-refractivity contribution is 7.80. The number of hydrogen-bond acceptors (Lipinski definition) is 13. The van der Waals surface area contributed by atoms with Gasteiger partial charge in [0.15, 0.2) is 16.5 Å². The maximum atomic E-state index is 13.5. The molecular weight excluding hydrogens is 1040 g/mol. The number of aliphatic carboxylic acids is 3. The van der Waals surface area contributed by atoms with Gasteiger partial charge in [-0.2, -0.15) is 0 Å². The molecule has 7 N–H and O–H groups in total. The van der Waals surface area contributed by atoms with Crippen LogP contribution in [-0.2, 0) is 44.7 Å². The Morgan fingerprint density at radius 3 is 1.90 bits per heavy atom. The van der Waals surface area contributed by atoms with E-state index in [9.17, 15) is 43.8 Å². The molecule has 0 saturated heterocycles. The molecule has 5 rings (SSSR count). The normalized spacial score (nSPS) is 14.0. The molecule has 1 amide bonds. The number of hydrogen-bond donors (Lipinski definition) is 7. The molecule has 3 atom stereocenters. The first-order valence-electron chi connectivity index (χ1n) is 26.1. The van der Waals surface area contributed by atoms with Crippen LogP contribution in [0.5, 0.6) is 11.5 Å². The van der Waals surface area contributed by atoms with Crippen molar-refractivity contribution in [2.75, 3.05) is 49.1 Å². The predicted molar refractivity (Wildman–Crippen MR) is 306 cm³/mol. The Kier molecular flexibility index (Phi) is 24.1. The lowest BCUT2D eigenvalue weighted by Gasteiger charge is -2.30. The predicted octanol–water partition coefficient (Wildman–Crippen LogP) is 7.31. The summed E-state index contributed by atoms with van der Waals surface area (Å²) in [6.45, 7) is 12.1. The molecule has 0 aromatic heterocycles. The number of nitrogens with zero attached hydrogens (tertiary/aromatic N) is 3. The molecule has 0 bridgehead atoms. The van der Waals surface area contributed by atoms with Crippen molar-refractivity contribution >= 4 is 99.2 Å². The van der Waals surface area contributed by atoms with Gasteiger partial charge in [-0.3, -0.25) is 24.0 Å². The summed E-state index contributed by atoms with van der Waals surface area (Å²) in [5, 5.41) is 40.1. The van der Waals surface area contributed by atoms with Crippen molar-refractivity contribution in [2.45, 2.75) is 104 Å². The van der Waals surface area contributed by atoms with Crippen LogP contribution in [0, 0.1) is 5.92 Å². The Morgan fingerprint density at radius 1 is 0.731 bits per heavy atom. The van der Waals surface area contributed by atoms with Gasteiger partial charge in [-0.15, -0.1) is 0 Å². The van der Waals surface area contributed by atoms with Gasteiger partial charge in [0.2, 0.25) is 5.91 Å². The molecule has 416 valence electrons. The number of benzene rings is 3. The number of anilines is 2. The maximum absolute atomic E-state index is 13.5. The summed E-state index contributed by atoms with van der Waals surface area (Å²) in [6.07, 6.45) is 4.24. The van der Waals surface area contributed by atoms with Gasteiger partial charge in [0, 0.05) is 117 Å². The second-order valence-electron chi connectivity index (χ2n) is 18.4. The Morgan fingerprint density at radius 2 is 1.33 bits per heavy atom. The van der Waals surface area contributed by atoms with Crippen LogP contribution < -0.4 is 35.8 Å². The van der Waals surface area contributed by atoms with E-state index in [2.05, 4.69) is 63.8 Å². The van der Waals surface area contributed by atoms with Crippen molar-refractivity contribution in [2.24, 2.45) is 10.9 Å². The van der Waals surface area contributed by atoms with Gasteiger partial charge in [-0.25, -0.2) is 14.6 Å². The van der Waals surface area contributed by atoms with Gasteiger partial charge in [0.1, 0.15) is 29.1 Å². The number of fused-ring (bicyclic) bond motifs is 2. The molecular formula is C57H69N7O12S2. The summed E-state index contributed by atoms with van der Waals surface area (Å²) >= 11 is 10.7. The van der Waals surface area contributed by atoms with Crippen LogP contribution in [0.1, 0.15) is 102 Å². The van der Waals surface area contributed by atoms with Gasteiger partial charge >= 0.3 is 17.9 Å². The monoisotopic (exact) mass is 1110 g/mol. The Labute approximate surface area is 465 Å². The fourth-order valence-electron chi connectivity index (χ4n) is 9.07. The van der Waals surface area contributed by atoms with Crippen LogP contribution in [0.2, 0.25) is 0 Å². The second-order valence-corrected chi connectivity index (χ2v) is 19.2. The van der Waals surface area contributed by atoms with Gasteiger partial charge in [-0.05, 0) is 125 Å². The molecule has 0 unspecified atom stereocenters. The van der Waals surface area contributed by atoms with Gasteiger partial charge in [0.25, 0.3) is 6.47 Å². The van der Waals surface area contributed by atoms with Gasteiger partial charge in [-0.1, -0.05) is 36.4 Å². The first-order chi connectivity index (χ1) is 37.5. The summed E-state index contributed by atoms with van der Waals surface area (Å²) in [4.78, 5) is 95.2. The highest BCUT2D eigenvalue weighted by atomic mass is 32.1. The number of Topliss-reactive ketones (excluding diaryl/α,β-unsaturated/α-hetero) is 2. The van der Waals surface area contributed by atoms with Crippen molar-refractivity contribution in [3.63, 3.8) is 0 Å². The van der Waals surface area contributed by atoms with E-state index < -0.39 is 36.1 Å². The number of carbonyl (C=O) groups excluding carboxylic acids is 4. The van der Waals surface area contributed by atoms with Gasteiger partial charge < -0.3 is 55.9 Å². The minimum atomic E-state index is -1.29. The van der Waals surface area contributed by atoms with Crippen molar-refractivity contribution in [3.8, 4) is 11.5 Å². The molecule has 21 heteroatoms. The number of amides is 1. The van der Waals surface area contributed by atoms with E-state index in [1.165, 1.54) is 6.08 Å². The average molecular weight is 1110 g/mol. The van der Waals surface area contributed by atoms with Crippen LogP contribution in [-0.4, -0.2) is 125 Å².